The number of pyridine rings is 1. The van der Waals surface area contributed by atoms with Crippen molar-refractivity contribution >= 4 is 22.6 Å². The first-order valence-electron chi connectivity index (χ1n) is 2.45. The van der Waals surface area contributed by atoms with Gasteiger partial charge in [-0.15, -0.1) is 0 Å². The molecular formula is C6H2FIN2. The van der Waals surface area contributed by atoms with E-state index in [1.165, 1.54) is 6.20 Å². The molecule has 0 unspecified atom stereocenters. The van der Waals surface area contributed by atoms with Crippen LogP contribution in [0, 0.1) is 20.8 Å². The van der Waals surface area contributed by atoms with Crippen molar-refractivity contribution in [1.82, 2.24) is 4.98 Å². The van der Waals surface area contributed by atoms with Gasteiger partial charge >= 0.3 is 0 Å². The Hall–Kier alpha value is -0.700. The van der Waals surface area contributed by atoms with E-state index >= 15 is 0 Å². The Morgan fingerprint density at radius 3 is 2.90 bits per heavy atom. The maximum atomic E-state index is 12.3. The van der Waals surface area contributed by atoms with E-state index in [1.54, 1.807) is 0 Å². The van der Waals surface area contributed by atoms with Crippen LogP contribution in [0.15, 0.2) is 12.3 Å². The quantitative estimate of drug-likeness (QED) is 0.517. The molecule has 1 rings (SSSR count). The van der Waals surface area contributed by atoms with E-state index in [9.17, 15) is 4.39 Å². The molecule has 0 aromatic carbocycles. The van der Waals surface area contributed by atoms with E-state index < -0.39 is 5.95 Å². The molecule has 10 heavy (non-hydrogen) atoms. The molecule has 2 nitrogen and oxygen atoms in total. The SMILES string of the molecule is N#Cc1cc(F)ncc1I. The average Bonchev–Trinajstić information content (AvgIpc) is 1.94. The molecule has 0 atom stereocenters. The van der Waals surface area contributed by atoms with E-state index in [4.69, 9.17) is 5.26 Å². The van der Waals surface area contributed by atoms with Crippen LogP contribution in [-0.2, 0) is 0 Å². The highest BCUT2D eigenvalue weighted by atomic mass is 127. The molecule has 0 radical (unpaired) electrons. The Morgan fingerprint density at radius 1 is 1.70 bits per heavy atom. The van der Waals surface area contributed by atoms with E-state index in [2.05, 4.69) is 4.98 Å². The molecule has 0 bridgehead atoms. The molecule has 1 aromatic rings. The van der Waals surface area contributed by atoms with Gasteiger partial charge in [0, 0.05) is 15.8 Å². The number of nitriles is 1. The fraction of sp³-hybridized carbons (Fsp3) is 0. The summed E-state index contributed by atoms with van der Waals surface area (Å²) < 4.78 is 12.9. The minimum Gasteiger partial charge on any atom is -0.227 e. The average molecular weight is 248 g/mol. The Labute approximate surface area is 70.8 Å². The van der Waals surface area contributed by atoms with Gasteiger partial charge in [-0.2, -0.15) is 9.65 Å². The van der Waals surface area contributed by atoms with Crippen LogP contribution in [0.4, 0.5) is 4.39 Å². The van der Waals surface area contributed by atoms with Gasteiger partial charge in [0.15, 0.2) is 0 Å². The molecule has 1 heterocycles. The molecule has 0 aliphatic heterocycles. The Kier molecular flexibility index (Phi) is 2.17. The lowest BCUT2D eigenvalue weighted by molar-refractivity contribution is 0.582. The molecule has 4 heteroatoms. The molecule has 0 aliphatic rings. The number of aromatic nitrogens is 1. The lowest BCUT2D eigenvalue weighted by Gasteiger charge is -1.91. The van der Waals surface area contributed by atoms with Crippen molar-refractivity contribution in [2.75, 3.05) is 0 Å². The molecule has 0 aliphatic carbocycles. The topological polar surface area (TPSA) is 36.7 Å². The van der Waals surface area contributed by atoms with Gasteiger partial charge in [0.1, 0.15) is 6.07 Å². The Balaban J connectivity index is 3.25. The van der Waals surface area contributed by atoms with Gasteiger partial charge in [0.2, 0.25) is 5.95 Å². The predicted octanol–water partition coefficient (Wildman–Crippen LogP) is 1.70. The van der Waals surface area contributed by atoms with Crippen molar-refractivity contribution in [3.63, 3.8) is 0 Å². The van der Waals surface area contributed by atoms with Crippen LogP contribution >= 0.6 is 22.6 Å². The minimum absolute atomic E-state index is 0.327. The summed E-state index contributed by atoms with van der Waals surface area (Å²) in [6.07, 6.45) is 1.33. The predicted molar refractivity (Wildman–Crippen MR) is 41.6 cm³/mol. The molecule has 0 spiro atoms. The van der Waals surface area contributed by atoms with Crippen LogP contribution in [0.25, 0.3) is 0 Å². The van der Waals surface area contributed by atoms with Gasteiger partial charge in [0.05, 0.1) is 5.56 Å². The molecule has 0 amide bonds. The first-order valence-corrected chi connectivity index (χ1v) is 3.53. The zero-order chi connectivity index (χ0) is 7.56. The van der Waals surface area contributed by atoms with Crippen molar-refractivity contribution in [2.45, 2.75) is 0 Å². The molecule has 0 N–H and O–H groups in total. The van der Waals surface area contributed by atoms with E-state index in [0.717, 1.165) is 6.07 Å². The second-order valence-corrected chi connectivity index (χ2v) is 2.76. The largest absolute Gasteiger partial charge is 0.227 e. The lowest BCUT2D eigenvalue weighted by atomic mass is 10.3. The van der Waals surface area contributed by atoms with Crippen LogP contribution < -0.4 is 0 Å². The number of halogens is 2. The standard InChI is InChI=1S/C6H2FIN2/c7-6-1-4(2-9)5(8)3-10-6/h1,3H. The Morgan fingerprint density at radius 2 is 2.40 bits per heavy atom. The van der Waals surface area contributed by atoms with E-state index in [0.29, 0.717) is 9.13 Å². The van der Waals surface area contributed by atoms with Crippen LogP contribution in [0.5, 0.6) is 0 Å². The summed E-state index contributed by atoms with van der Waals surface area (Å²) in [6.45, 7) is 0. The molecule has 1 aromatic heterocycles. The number of nitrogens with zero attached hydrogens (tertiary/aromatic N) is 2. The molecule has 0 fully saturated rings. The first-order chi connectivity index (χ1) is 4.74. The van der Waals surface area contributed by atoms with Crippen LogP contribution in [0.2, 0.25) is 0 Å². The van der Waals surface area contributed by atoms with Gasteiger partial charge in [-0.25, -0.2) is 4.98 Å². The smallest absolute Gasteiger partial charge is 0.214 e. The van der Waals surface area contributed by atoms with E-state index in [-0.39, 0.29) is 0 Å². The van der Waals surface area contributed by atoms with Crippen LogP contribution in [0.1, 0.15) is 5.56 Å². The number of rotatable bonds is 0. The summed E-state index contributed by atoms with van der Waals surface area (Å²) in [7, 11) is 0. The lowest BCUT2D eigenvalue weighted by Crippen LogP contribution is -1.87. The summed E-state index contributed by atoms with van der Waals surface area (Å²) in [4.78, 5) is 3.36. The van der Waals surface area contributed by atoms with Gasteiger partial charge < -0.3 is 0 Å². The van der Waals surface area contributed by atoms with Crippen LogP contribution in [0.3, 0.4) is 0 Å². The normalized spacial score (nSPS) is 8.90. The van der Waals surface area contributed by atoms with Gasteiger partial charge in [-0.1, -0.05) is 0 Å². The maximum Gasteiger partial charge on any atom is 0.214 e. The minimum atomic E-state index is -0.614. The first kappa shape index (κ1) is 7.41. The summed E-state index contributed by atoms with van der Waals surface area (Å²) in [5.74, 6) is -0.614. The van der Waals surface area contributed by atoms with Crippen molar-refractivity contribution < 1.29 is 4.39 Å². The van der Waals surface area contributed by atoms with Crippen molar-refractivity contribution in [3.8, 4) is 6.07 Å². The molecular weight excluding hydrogens is 246 g/mol. The third-order valence-electron chi connectivity index (χ3n) is 0.942. The van der Waals surface area contributed by atoms with Gasteiger partial charge in [-0.3, -0.25) is 0 Å². The monoisotopic (exact) mass is 248 g/mol. The maximum absolute atomic E-state index is 12.3. The van der Waals surface area contributed by atoms with Crippen molar-refractivity contribution in [3.05, 3.63) is 27.3 Å². The highest BCUT2D eigenvalue weighted by Gasteiger charge is 1.99. The fourth-order valence-electron chi connectivity index (χ4n) is 0.499. The summed E-state index contributed by atoms with van der Waals surface area (Å²) in [5.41, 5.74) is 0.327. The fourth-order valence-corrected chi connectivity index (χ4v) is 0.914. The highest BCUT2D eigenvalue weighted by molar-refractivity contribution is 14.1. The summed E-state index contributed by atoms with van der Waals surface area (Å²) >= 11 is 1.93. The third-order valence-corrected chi connectivity index (χ3v) is 1.80. The second-order valence-electron chi connectivity index (χ2n) is 1.60. The van der Waals surface area contributed by atoms with Crippen LogP contribution in [-0.4, -0.2) is 4.98 Å². The zero-order valence-electron chi connectivity index (χ0n) is 4.81. The van der Waals surface area contributed by atoms with Crippen molar-refractivity contribution in [2.24, 2.45) is 0 Å². The molecule has 50 valence electrons. The van der Waals surface area contributed by atoms with Gasteiger partial charge in [0.25, 0.3) is 0 Å². The van der Waals surface area contributed by atoms with Gasteiger partial charge in [-0.05, 0) is 22.6 Å². The highest BCUT2D eigenvalue weighted by Crippen LogP contribution is 2.09. The number of hydrogen-bond acceptors (Lipinski definition) is 2. The zero-order valence-corrected chi connectivity index (χ0v) is 6.96. The molecule has 0 saturated carbocycles. The Bertz CT molecular complexity index is 292. The van der Waals surface area contributed by atoms with Crippen molar-refractivity contribution in [1.29, 1.82) is 5.26 Å². The third kappa shape index (κ3) is 1.42. The van der Waals surface area contributed by atoms with E-state index in [1.807, 2.05) is 28.7 Å². The summed E-state index contributed by atoms with van der Waals surface area (Å²) in [6, 6.07) is 2.96. The number of hydrogen-bond donors (Lipinski definition) is 0. The summed E-state index contributed by atoms with van der Waals surface area (Å²) in [5, 5.41) is 8.39. The second kappa shape index (κ2) is 2.92. The molecule has 0 saturated heterocycles.